The van der Waals surface area contributed by atoms with E-state index in [9.17, 15) is 9.59 Å². The lowest BCUT2D eigenvalue weighted by molar-refractivity contribution is -0.124. The summed E-state index contributed by atoms with van der Waals surface area (Å²) in [6.07, 6.45) is 1.08. The first-order valence-corrected chi connectivity index (χ1v) is 8.74. The maximum absolute atomic E-state index is 13.0. The highest BCUT2D eigenvalue weighted by Crippen LogP contribution is 2.20. The van der Waals surface area contributed by atoms with Gasteiger partial charge in [-0.25, -0.2) is 4.79 Å². The first-order chi connectivity index (χ1) is 12.4. The van der Waals surface area contributed by atoms with Crippen LogP contribution >= 0.6 is 0 Å². The minimum Gasteiger partial charge on any atom is -0.444 e. The molecule has 0 fully saturated rings. The summed E-state index contributed by atoms with van der Waals surface area (Å²) in [5, 5.41) is 16.0. The van der Waals surface area contributed by atoms with E-state index in [0.29, 0.717) is 25.2 Å². The number of nitrogens with zero attached hydrogens (tertiary/aromatic N) is 5. The van der Waals surface area contributed by atoms with Crippen molar-refractivity contribution in [1.29, 1.82) is 0 Å². The largest absolute Gasteiger partial charge is 0.444 e. The van der Waals surface area contributed by atoms with Gasteiger partial charge in [-0.3, -0.25) is 14.7 Å². The average Bonchev–Trinajstić information content (AvgIpc) is 3.05. The molecule has 1 unspecified atom stereocenters. The Balaban J connectivity index is 2.88. The van der Waals surface area contributed by atoms with Gasteiger partial charge in [0.2, 0.25) is 0 Å². The van der Waals surface area contributed by atoms with Gasteiger partial charge in [-0.2, -0.15) is 5.21 Å². The molecule has 0 aliphatic rings. The van der Waals surface area contributed by atoms with Gasteiger partial charge in [-0.15, -0.1) is 5.10 Å². The third-order valence-electron chi connectivity index (χ3n) is 3.63. The fraction of sp³-hybridized carbons (Fsp3) is 0.750. The second-order valence-corrected chi connectivity index (χ2v) is 7.52. The number of likely N-dealkylation sites (N-methyl/N-ethyl adjacent to an activating group) is 1. The summed E-state index contributed by atoms with van der Waals surface area (Å²) in [4.78, 5) is 30.7. The van der Waals surface area contributed by atoms with Crippen molar-refractivity contribution >= 4 is 23.8 Å². The van der Waals surface area contributed by atoms with Crippen molar-refractivity contribution in [2.24, 2.45) is 10.7 Å². The number of hydrogen-bond donors (Lipinski definition) is 3. The van der Waals surface area contributed by atoms with Crippen molar-refractivity contribution in [1.82, 2.24) is 25.9 Å². The summed E-state index contributed by atoms with van der Waals surface area (Å²) in [5.74, 6) is 0.242. The Morgan fingerprint density at radius 2 is 1.96 bits per heavy atom. The Hall–Kier alpha value is -2.72. The molecule has 11 heteroatoms. The van der Waals surface area contributed by atoms with Crippen molar-refractivity contribution in [3.63, 3.8) is 0 Å². The quantitative estimate of drug-likeness (QED) is 0.344. The Morgan fingerprint density at radius 3 is 2.48 bits per heavy atom. The minimum absolute atomic E-state index is 0.112. The molecule has 1 rings (SSSR count). The molecule has 27 heavy (non-hydrogen) atoms. The molecule has 0 radical (unpaired) electrons. The van der Waals surface area contributed by atoms with Gasteiger partial charge in [-0.05, 0) is 59.1 Å². The van der Waals surface area contributed by atoms with E-state index >= 15 is 0 Å². The monoisotopic (exact) mass is 382 g/mol. The second kappa shape index (κ2) is 9.28. The summed E-state index contributed by atoms with van der Waals surface area (Å²) < 4.78 is 5.30. The summed E-state index contributed by atoms with van der Waals surface area (Å²) in [6, 6.07) is 0. The number of carbonyl (C=O) groups excluding carboxylic acids is 2. The molecule has 2 amide bonds. The topological polar surface area (TPSA) is 151 Å². The second-order valence-electron chi connectivity index (χ2n) is 7.52. The molecule has 152 valence electrons. The van der Waals surface area contributed by atoms with E-state index in [1.807, 2.05) is 0 Å². The Kier molecular flexibility index (Phi) is 7.68. The van der Waals surface area contributed by atoms with Crippen LogP contribution in [0.4, 0.5) is 10.7 Å². The van der Waals surface area contributed by atoms with Gasteiger partial charge in [0.15, 0.2) is 0 Å². The molecular formula is C16H30N8O3. The maximum Gasteiger partial charge on any atom is 0.408 e. The lowest BCUT2D eigenvalue weighted by Crippen LogP contribution is -2.58. The number of aromatic amines is 1. The number of rotatable bonds is 8. The molecule has 1 aromatic rings. The number of aliphatic imine (C=N–C) groups is 1. The highest BCUT2D eigenvalue weighted by molar-refractivity contribution is 6.00. The van der Waals surface area contributed by atoms with Crippen molar-refractivity contribution in [3.05, 3.63) is 0 Å². The molecular weight excluding hydrogens is 352 g/mol. The number of alkyl carbamates (subject to hydrolysis) is 1. The summed E-state index contributed by atoms with van der Waals surface area (Å²) >= 11 is 0. The molecule has 0 saturated carbocycles. The highest BCUT2D eigenvalue weighted by atomic mass is 16.6. The first-order valence-electron chi connectivity index (χ1n) is 8.74. The van der Waals surface area contributed by atoms with Crippen LogP contribution in [0.15, 0.2) is 4.99 Å². The smallest absolute Gasteiger partial charge is 0.408 e. The van der Waals surface area contributed by atoms with Crippen molar-refractivity contribution in [3.8, 4) is 0 Å². The van der Waals surface area contributed by atoms with E-state index in [0.717, 1.165) is 6.42 Å². The van der Waals surface area contributed by atoms with Crippen LogP contribution < -0.4 is 16.0 Å². The molecule has 0 aromatic carbocycles. The minimum atomic E-state index is -1.21. The molecule has 1 aromatic heterocycles. The molecule has 4 N–H and O–H groups in total. The number of amides is 2. The zero-order chi connectivity index (χ0) is 20.7. The number of unbranched alkanes of at least 4 members (excludes halogenated alkanes) is 1. The number of aromatic nitrogens is 4. The standard InChI is InChI=1S/C16H30N8O3/c1-11(17)18-10-8-7-9-16(5,19-14(26)27-15(2,3)4)12(25)24(6)13-20-22-23-21-13/h7-10H2,1-6H3,(H2,17,18)(H,19,26)(H,20,21,22,23). The molecule has 1 heterocycles. The molecule has 0 aliphatic heterocycles. The van der Waals surface area contributed by atoms with Crippen molar-refractivity contribution in [2.45, 2.75) is 65.0 Å². The number of nitrogens with two attached hydrogens (primary N) is 1. The maximum atomic E-state index is 13.0. The van der Waals surface area contributed by atoms with Crippen LogP contribution in [0.25, 0.3) is 0 Å². The molecule has 1 atom stereocenters. The van der Waals surface area contributed by atoms with Crippen molar-refractivity contribution < 1.29 is 14.3 Å². The third-order valence-corrected chi connectivity index (χ3v) is 3.63. The zero-order valence-electron chi connectivity index (χ0n) is 16.9. The highest BCUT2D eigenvalue weighted by Gasteiger charge is 2.39. The van der Waals surface area contributed by atoms with Crippen LogP contribution in [0.3, 0.4) is 0 Å². The van der Waals surface area contributed by atoms with Crippen LogP contribution in [0.1, 0.15) is 53.9 Å². The van der Waals surface area contributed by atoms with Gasteiger partial charge >= 0.3 is 6.09 Å². The van der Waals surface area contributed by atoms with Gasteiger partial charge in [-0.1, -0.05) is 5.10 Å². The van der Waals surface area contributed by atoms with Gasteiger partial charge in [0.1, 0.15) is 11.1 Å². The van der Waals surface area contributed by atoms with Gasteiger partial charge in [0.25, 0.3) is 11.9 Å². The van der Waals surface area contributed by atoms with Gasteiger partial charge in [0.05, 0.1) is 5.84 Å². The summed E-state index contributed by atoms with van der Waals surface area (Å²) in [7, 11) is 1.52. The summed E-state index contributed by atoms with van der Waals surface area (Å²) in [6.45, 7) is 9.18. The predicted molar refractivity (Wildman–Crippen MR) is 101 cm³/mol. The fourth-order valence-corrected chi connectivity index (χ4v) is 2.36. The van der Waals surface area contributed by atoms with E-state index in [-0.39, 0.29) is 11.9 Å². The number of ether oxygens (including phenoxy) is 1. The summed E-state index contributed by atoms with van der Waals surface area (Å²) in [5.41, 5.74) is 3.63. The Morgan fingerprint density at radius 1 is 1.30 bits per heavy atom. The first kappa shape index (κ1) is 22.3. The average molecular weight is 382 g/mol. The molecule has 0 aliphatic carbocycles. The zero-order valence-corrected chi connectivity index (χ0v) is 16.9. The van der Waals surface area contributed by atoms with Crippen LogP contribution in [-0.4, -0.2) is 63.2 Å². The number of hydrogen-bond acceptors (Lipinski definition) is 7. The van der Waals surface area contributed by atoms with E-state index in [1.54, 1.807) is 34.6 Å². The number of nitrogens with one attached hydrogen (secondary N) is 2. The van der Waals surface area contributed by atoms with Crippen molar-refractivity contribution in [2.75, 3.05) is 18.5 Å². The van der Waals surface area contributed by atoms with Crippen LogP contribution in [-0.2, 0) is 9.53 Å². The van der Waals surface area contributed by atoms with Gasteiger partial charge in [0, 0.05) is 13.6 Å². The SMILES string of the molecule is CC(N)=NCCCCC(C)(NC(=O)OC(C)(C)C)C(=O)N(C)c1nn[nH]n1. The molecule has 0 bridgehead atoms. The number of H-pyrrole nitrogens is 1. The molecule has 0 saturated heterocycles. The van der Waals surface area contributed by atoms with Crippen LogP contribution in [0, 0.1) is 0 Å². The van der Waals surface area contributed by atoms with E-state index in [1.165, 1.54) is 11.9 Å². The van der Waals surface area contributed by atoms with Crippen LogP contribution in [0.5, 0.6) is 0 Å². The Bertz CT molecular complexity index is 649. The van der Waals surface area contributed by atoms with E-state index < -0.39 is 17.2 Å². The van der Waals surface area contributed by atoms with Crippen LogP contribution in [0.2, 0.25) is 0 Å². The third kappa shape index (κ3) is 7.59. The van der Waals surface area contributed by atoms with E-state index in [4.69, 9.17) is 10.5 Å². The lowest BCUT2D eigenvalue weighted by Gasteiger charge is -2.33. The number of amidine groups is 1. The molecule has 11 nitrogen and oxygen atoms in total. The Labute approximate surface area is 159 Å². The lowest BCUT2D eigenvalue weighted by atomic mass is 9.93. The normalized spacial score (nSPS) is 14.4. The molecule has 0 spiro atoms. The fourth-order valence-electron chi connectivity index (χ4n) is 2.36. The predicted octanol–water partition coefficient (Wildman–Crippen LogP) is 0.993. The number of carbonyl (C=O) groups is 2. The number of anilines is 1. The number of tetrazole rings is 1. The van der Waals surface area contributed by atoms with E-state index in [2.05, 4.69) is 30.9 Å². The van der Waals surface area contributed by atoms with Gasteiger partial charge < -0.3 is 15.8 Å².